The molecule has 1 fully saturated rings. The Kier molecular flexibility index (Phi) is 5.75. The standard InChI is InChI=1S/C20H20ClN3O3S/c1-2-24(28(26,27)18-9-5-16(21)6-10-18)13-19(25)23-17-7-3-15(4-8-17)20(14-22)11-12-20/h3-10H,2,11-13H2,1H3,(H,23,25). The highest BCUT2D eigenvalue weighted by Crippen LogP contribution is 2.47. The van der Waals surface area contributed by atoms with Crippen LogP contribution in [0, 0.1) is 11.3 Å². The highest BCUT2D eigenvalue weighted by atomic mass is 35.5. The molecule has 146 valence electrons. The van der Waals surface area contributed by atoms with Crippen LogP contribution >= 0.6 is 11.6 Å². The molecule has 28 heavy (non-hydrogen) atoms. The molecule has 0 unspecified atom stereocenters. The second-order valence-electron chi connectivity index (χ2n) is 6.70. The second kappa shape index (κ2) is 7.92. The molecule has 1 amide bonds. The first-order valence-corrected chi connectivity index (χ1v) is 10.7. The molecule has 1 aliphatic rings. The number of hydrogen-bond acceptors (Lipinski definition) is 4. The highest BCUT2D eigenvalue weighted by Gasteiger charge is 2.44. The maximum atomic E-state index is 12.7. The van der Waals surface area contributed by atoms with Gasteiger partial charge in [0.25, 0.3) is 0 Å². The average molecular weight is 418 g/mol. The molecule has 0 heterocycles. The van der Waals surface area contributed by atoms with Crippen LogP contribution in [0.5, 0.6) is 0 Å². The maximum absolute atomic E-state index is 12.7. The van der Waals surface area contributed by atoms with Gasteiger partial charge in [0.05, 0.1) is 22.9 Å². The lowest BCUT2D eigenvalue weighted by molar-refractivity contribution is -0.116. The summed E-state index contributed by atoms with van der Waals surface area (Å²) < 4.78 is 26.6. The van der Waals surface area contributed by atoms with Crippen LogP contribution in [0.3, 0.4) is 0 Å². The van der Waals surface area contributed by atoms with Crippen LogP contribution in [-0.4, -0.2) is 31.7 Å². The Morgan fingerprint density at radius 3 is 2.29 bits per heavy atom. The van der Waals surface area contributed by atoms with E-state index in [0.717, 1.165) is 22.7 Å². The third-order valence-electron chi connectivity index (χ3n) is 4.81. The largest absolute Gasteiger partial charge is 0.325 e. The number of carbonyl (C=O) groups excluding carboxylic acids is 1. The first-order chi connectivity index (χ1) is 13.3. The molecule has 3 rings (SSSR count). The first-order valence-electron chi connectivity index (χ1n) is 8.88. The van der Waals surface area contributed by atoms with E-state index in [4.69, 9.17) is 11.6 Å². The number of nitrogens with zero attached hydrogens (tertiary/aromatic N) is 2. The Labute approximate surface area is 169 Å². The average Bonchev–Trinajstić information content (AvgIpc) is 3.48. The predicted molar refractivity (Wildman–Crippen MR) is 107 cm³/mol. The van der Waals surface area contributed by atoms with Crippen molar-refractivity contribution in [3.8, 4) is 6.07 Å². The smallest absolute Gasteiger partial charge is 0.243 e. The van der Waals surface area contributed by atoms with Gasteiger partial charge < -0.3 is 5.32 Å². The molecule has 0 aromatic heterocycles. The number of likely N-dealkylation sites (N-methyl/N-ethyl adjacent to an activating group) is 1. The van der Waals surface area contributed by atoms with E-state index in [2.05, 4.69) is 11.4 Å². The molecule has 1 aliphatic carbocycles. The molecule has 8 heteroatoms. The number of carbonyl (C=O) groups is 1. The van der Waals surface area contributed by atoms with E-state index in [0.29, 0.717) is 10.7 Å². The monoisotopic (exact) mass is 417 g/mol. The van der Waals surface area contributed by atoms with E-state index in [1.807, 2.05) is 12.1 Å². The summed E-state index contributed by atoms with van der Waals surface area (Å²) in [5.74, 6) is -0.437. The van der Waals surface area contributed by atoms with Gasteiger partial charge in [-0.2, -0.15) is 9.57 Å². The summed E-state index contributed by atoms with van der Waals surface area (Å²) in [6.45, 7) is 1.53. The molecular weight excluding hydrogens is 398 g/mol. The predicted octanol–water partition coefficient (Wildman–Crippen LogP) is 3.54. The molecular formula is C20H20ClN3O3S. The molecule has 0 atom stereocenters. The Bertz CT molecular complexity index is 1010. The fraction of sp³-hybridized carbons (Fsp3) is 0.300. The van der Waals surface area contributed by atoms with Crippen molar-refractivity contribution >= 4 is 33.2 Å². The van der Waals surface area contributed by atoms with Crippen molar-refractivity contribution < 1.29 is 13.2 Å². The van der Waals surface area contributed by atoms with Crippen molar-refractivity contribution in [1.82, 2.24) is 4.31 Å². The zero-order valence-corrected chi connectivity index (χ0v) is 16.9. The van der Waals surface area contributed by atoms with E-state index < -0.39 is 15.9 Å². The van der Waals surface area contributed by atoms with Crippen LogP contribution in [0.2, 0.25) is 5.02 Å². The maximum Gasteiger partial charge on any atom is 0.243 e. The number of halogens is 1. The fourth-order valence-electron chi connectivity index (χ4n) is 2.95. The summed E-state index contributed by atoms with van der Waals surface area (Å²) in [4.78, 5) is 12.5. The van der Waals surface area contributed by atoms with Crippen LogP contribution in [-0.2, 0) is 20.2 Å². The molecule has 0 radical (unpaired) electrons. The Morgan fingerprint density at radius 1 is 1.18 bits per heavy atom. The van der Waals surface area contributed by atoms with Gasteiger partial charge in [0.2, 0.25) is 15.9 Å². The van der Waals surface area contributed by atoms with Crippen molar-refractivity contribution in [1.29, 1.82) is 5.26 Å². The van der Waals surface area contributed by atoms with Gasteiger partial charge >= 0.3 is 0 Å². The summed E-state index contributed by atoms with van der Waals surface area (Å²) in [5.41, 5.74) is 1.12. The minimum absolute atomic E-state index is 0.0853. The molecule has 0 saturated heterocycles. The van der Waals surface area contributed by atoms with Crippen LogP contribution < -0.4 is 5.32 Å². The van der Waals surface area contributed by atoms with Crippen molar-refractivity contribution in [2.24, 2.45) is 0 Å². The Hall–Kier alpha value is -2.40. The lowest BCUT2D eigenvalue weighted by Crippen LogP contribution is -2.37. The van der Waals surface area contributed by atoms with Gasteiger partial charge in [-0.1, -0.05) is 30.7 Å². The normalized spacial score (nSPS) is 15.1. The molecule has 0 aliphatic heterocycles. The molecule has 1 N–H and O–H groups in total. The zero-order valence-electron chi connectivity index (χ0n) is 15.4. The van der Waals surface area contributed by atoms with Gasteiger partial charge in [0.15, 0.2) is 0 Å². The van der Waals surface area contributed by atoms with E-state index >= 15 is 0 Å². The van der Waals surface area contributed by atoms with Gasteiger partial charge in [-0.3, -0.25) is 4.79 Å². The number of nitrogens with one attached hydrogen (secondary N) is 1. The molecule has 0 spiro atoms. The highest BCUT2D eigenvalue weighted by molar-refractivity contribution is 7.89. The summed E-state index contributed by atoms with van der Waals surface area (Å²) in [6.07, 6.45) is 1.70. The van der Waals surface area contributed by atoms with Crippen molar-refractivity contribution in [3.05, 3.63) is 59.1 Å². The zero-order chi connectivity index (χ0) is 20.4. The van der Waals surface area contributed by atoms with Gasteiger partial charge in [0.1, 0.15) is 0 Å². The number of sulfonamides is 1. The molecule has 1 saturated carbocycles. The molecule has 0 bridgehead atoms. The third kappa shape index (κ3) is 4.20. The lowest BCUT2D eigenvalue weighted by atomic mass is 9.98. The molecule has 2 aromatic rings. The number of benzene rings is 2. The van der Waals surface area contributed by atoms with Crippen LogP contribution in [0.15, 0.2) is 53.4 Å². The number of amides is 1. The summed E-state index contributed by atoms with van der Waals surface area (Å²) in [5, 5.41) is 12.4. The number of rotatable bonds is 7. The minimum atomic E-state index is -3.80. The van der Waals surface area contributed by atoms with Crippen molar-refractivity contribution in [2.75, 3.05) is 18.4 Å². The fourth-order valence-corrected chi connectivity index (χ4v) is 4.48. The van der Waals surface area contributed by atoms with Crippen LogP contribution in [0.25, 0.3) is 0 Å². The summed E-state index contributed by atoms with van der Waals surface area (Å²) in [6, 6.07) is 15.3. The third-order valence-corrected chi connectivity index (χ3v) is 7.00. The topological polar surface area (TPSA) is 90.3 Å². The van der Waals surface area contributed by atoms with Crippen LogP contribution in [0.1, 0.15) is 25.3 Å². The number of nitriles is 1. The van der Waals surface area contributed by atoms with Crippen molar-refractivity contribution in [3.63, 3.8) is 0 Å². The van der Waals surface area contributed by atoms with Crippen LogP contribution in [0.4, 0.5) is 5.69 Å². The SMILES string of the molecule is CCN(CC(=O)Nc1ccc(C2(C#N)CC2)cc1)S(=O)(=O)c1ccc(Cl)cc1. The molecule has 2 aromatic carbocycles. The first kappa shape index (κ1) is 20.3. The Morgan fingerprint density at radius 2 is 1.79 bits per heavy atom. The number of anilines is 1. The lowest BCUT2D eigenvalue weighted by Gasteiger charge is -2.20. The van der Waals surface area contributed by atoms with Gasteiger partial charge in [-0.25, -0.2) is 8.42 Å². The van der Waals surface area contributed by atoms with Gasteiger partial charge in [-0.15, -0.1) is 0 Å². The summed E-state index contributed by atoms with van der Waals surface area (Å²) in [7, 11) is -3.80. The van der Waals surface area contributed by atoms with E-state index in [-0.39, 0.29) is 23.4 Å². The van der Waals surface area contributed by atoms with E-state index in [9.17, 15) is 18.5 Å². The summed E-state index contributed by atoms with van der Waals surface area (Å²) >= 11 is 5.81. The van der Waals surface area contributed by atoms with Crippen molar-refractivity contribution in [2.45, 2.75) is 30.1 Å². The molecule has 6 nitrogen and oxygen atoms in total. The van der Waals surface area contributed by atoms with Gasteiger partial charge in [0, 0.05) is 17.3 Å². The van der Waals surface area contributed by atoms with Gasteiger partial charge in [-0.05, 0) is 54.8 Å². The van der Waals surface area contributed by atoms with E-state index in [1.165, 1.54) is 24.3 Å². The second-order valence-corrected chi connectivity index (χ2v) is 9.08. The number of hydrogen-bond donors (Lipinski definition) is 1. The quantitative estimate of drug-likeness (QED) is 0.745. The Balaban J connectivity index is 1.67. The minimum Gasteiger partial charge on any atom is -0.325 e. The van der Waals surface area contributed by atoms with E-state index in [1.54, 1.807) is 19.1 Å².